The van der Waals surface area contributed by atoms with Crippen molar-refractivity contribution in [3.8, 4) is 17.2 Å². The zero-order chi connectivity index (χ0) is 16.4. The van der Waals surface area contributed by atoms with Gasteiger partial charge >= 0.3 is 5.69 Å². The standard InChI is InChI=1S/C16H18N2O4/c1-10-9-12(18(3)16(21)17(10)2)7-5-11-6-8-13(19)15(22-4)14(11)20/h5-9H,1-4H3,(H,19,20)/p+1. The number of ether oxygens (including phenoxy) is 1. The molecule has 0 aliphatic rings. The monoisotopic (exact) mass is 303 g/mol. The minimum atomic E-state index is -0.151. The lowest BCUT2D eigenvalue weighted by atomic mass is 10.1. The number of phenols is 2. The third-order valence-electron chi connectivity index (χ3n) is 3.63. The van der Waals surface area contributed by atoms with Gasteiger partial charge in [0, 0.05) is 11.6 Å². The Bertz CT molecular complexity index is 807. The number of rotatable bonds is 3. The predicted molar refractivity (Wildman–Crippen MR) is 82.8 cm³/mol. The fourth-order valence-corrected chi connectivity index (χ4v) is 2.14. The molecule has 2 rings (SSSR count). The highest BCUT2D eigenvalue weighted by Crippen LogP contribution is 2.38. The van der Waals surface area contributed by atoms with E-state index in [2.05, 4.69) is 0 Å². The third kappa shape index (κ3) is 2.67. The average Bonchev–Trinajstić information content (AvgIpc) is 2.49. The van der Waals surface area contributed by atoms with Crippen LogP contribution in [-0.2, 0) is 14.1 Å². The van der Waals surface area contributed by atoms with Crippen LogP contribution in [0.4, 0.5) is 0 Å². The number of aryl methyl sites for hydroxylation is 1. The van der Waals surface area contributed by atoms with Gasteiger partial charge in [0.15, 0.2) is 11.5 Å². The molecule has 6 nitrogen and oxygen atoms in total. The minimum absolute atomic E-state index is 0.0201. The molecule has 2 aromatic rings. The van der Waals surface area contributed by atoms with Crippen LogP contribution < -0.4 is 15.0 Å². The molecule has 1 aromatic heterocycles. The smallest absolute Gasteiger partial charge is 0.498 e. The summed E-state index contributed by atoms with van der Waals surface area (Å²) in [5, 5.41) is 19.7. The summed E-state index contributed by atoms with van der Waals surface area (Å²) in [4.78, 5) is 12.0. The van der Waals surface area contributed by atoms with E-state index in [9.17, 15) is 15.0 Å². The molecule has 0 aliphatic carbocycles. The van der Waals surface area contributed by atoms with Gasteiger partial charge in [0.2, 0.25) is 5.75 Å². The van der Waals surface area contributed by atoms with Gasteiger partial charge in [-0.25, -0.2) is 0 Å². The predicted octanol–water partition coefficient (Wildman–Crippen LogP) is 1.11. The van der Waals surface area contributed by atoms with Gasteiger partial charge in [-0.1, -0.05) is 0 Å². The summed E-state index contributed by atoms with van der Waals surface area (Å²) in [6.07, 6.45) is 3.38. The van der Waals surface area contributed by atoms with E-state index in [-0.39, 0.29) is 22.9 Å². The molecule has 0 saturated carbocycles. The number of hydrogen-bond donors (Lipinski definition) is 2. The summed E-state index contributed by atoms with van der Waals surface area (Å²) in [5.41, 5.74) is 1.88. The van der Waals surface area contributed by atoms with E-state index >= 15 is 0 Å². The molecule has 0 spiro atoms. The Morgan fingerprint density at radius 2 is 1.95 bits per heavy atom. The number of nitrogens with zero attached hydrogens (tertiary/aromatic N) is 2. The number of methoxy groups -OCH3 is 1. The molecule has 1 heterocycles. The topological polar surface area (TPSA) is 75.6 Å². The van der Waals surface area contributed by atoms with Crippen molar-refractivity contribution in [1.82, 2.24) is 4.57 Å². The van der Waals surface area contributed by atoms with Crippen LogP contribution in [-0.4, -0.2) is 21.9 Å². The number of aromatic hydroxyl groups is 2. The van der Waals surface area contributed by atoms with E-state index < -0.39 is 0 Å². The van der Waals surface area contributed by atoms with Gasteiger partial charge in [0.25, 0.3) is 0 Å². The van der Waals surface area contributed by atoms with Crippen LogP contribution in [0.2, 0.25) is 0 Å². The van der Waals surface area contributed by atoms with Crippen molar-refractivity contribution in [3.05, 3.63) is 45.6 Å². The first-order valence-electron chi connectivity index (χ1n) is 6.70. The first-order chi connectivity index (χ1) is 10.4. The van der Waals surface area contributed by atoms with Crippen molar-refractivity contribution >= 4 is 12.2 Å². The van der Waals surface area contributed by atoms with E-state index in [0.717, 1.165) is 5.69 Å². The van der Waals surface area contributed by atoms with Gasteiger partial charge in [0.1, 0.15) is 11.4 Å². The number of benzene rings is 1. The second-order valence-electron chi connectivity index (χ2n) is 5.00. The molecular formula is C16H19N2O4+. The van der Waals surface area contributed by atoms with Crippen molar-refractivity contribution in [1.29, 1.82) is 0 Å². The van der Waals surface area contributed by atoms with Crippen LogP contribution in [0.15, 0.2) is 23.0 Å². The van der Waals surface area contributed by atoms with E-state index in [1.54, 1.807) is 36.9 Å². The maximum Gasteiger partial charge on any atom is 0.498 e. The highest BCUT2D eigenvalue weighted by Gasteiger charge is 2.13. The third-order valence-corrected chi connectivity index (χ3v) is 3.63. The van der Waals surface area contributed by atoms with Crippen molar-refractivity contribution < 1.29 is 19.5 Å². The second-order valence-corrected chi connectivity index (χ2v) is 5.00. The lowest BCUT2D eigenvalue weighted by Crippen LogP contribution is -2.53. The maximum atomic E-state index is 12.0. The molecule has 0 aliphatic heterocycles. The van der Waals surface area contributed by atoms with E-state index in [0.29, 0.717) is 11.3 Å². The van der Waals surface area contributed by atoms with Crippen LogP contribution in [0.5, 0.6) is 17.2 Å². The van der Waals surface area contributed by atoms with Gasteiger partial charge in [-0.05, 0) is 31.2 Å². The summed E-state index contributed by atoms with van der Waals surface area (Å²) in [6.45, 7) is 1.85. The number of aromatic nitrogens is 2. The van der Waals surface area contributed by atoms with E-state index in [1.807, 2.05) is 13.0 Å². The summed E-state index contributed by atoms with van der Waals surface area (Å²) >= 11 is 0. The van der Waals surface area contributed by atoms with Crippen LogP contribution >= 0.6 is 0 Å². The second kappa shape index (κ2) is 5.93. The summed E-state index contributed by atoms with van der Waals surface area (Å²) in [7, 11) is 4.76. The fourth-order valence-electron chi connectivity index (χ4n) is 2.14. The van der Waals surface area contributed by atoms with Gasteiger partial charge in [0.05, 0.1) is 21.2 Å². The molecule has 0 saturated heterocycles. The normalized spacial score (nSPS) is 11.1. The molecule has 0 fully saturated rings. The first kappa shape index (κ1) is 15.6. The molecule has 0 unspecified atom stereocenters. The minimum Gasteiger partial charge on any atom is -0.504 e. The molecular weight excluding hydrogens is 284 g/mol. The highest BCUT2D eigenvalue weighted by molar-refractivity contribution is 5.73. The summed E-state index contributed by atoms with van der Waals surface area (Å²) in [6, 6.07) is 4.87. The molecule has 0 radical (unpaired) electrons. The molecule has 2 N–H and O–H groups in total. The number of hydrogen-bond acceptors (Lipinski definition) is 4. The van der Waals surface area contributed by atoms with Crippen molar-refractivity contribution in [2.45, 2.75) is 6.92 Å². The van der Waals surface area contributed by atoms with Gasteiger partial charge in [-0.3, -0.25) is 0 Å². The van der Waals surface area contributed by atoms with Gasteiger partial charge in [-0.2, -0.15) is 13.9 Å². The lowest BCUT2D eigenvalue weighted by Gasteiger charge is -2.08. The lowest BCUT2D eigenvalue weighted by molar-refractivity contribution is -0.692. The Morgan fingerprint density at radius 1 is 1.27 bits per heavy atom. The first-order valence-corrected chi connectivity index (χ1v) is 6.70. The Morgan fingerprint density at radius 3 is 2.59 bits per heavy atom. The number of phenolic OH excluding ortho intramolecular Hbond substituents is 2. The van der Waals surface area contributed by atoms with Crippen LogP contribution in [0, 0.1) is 6.92 Å². The molecule has 22 heavy (non-hydrogen) atoms. The van der Waals surface area contributed by atoms with Crippen molar-refractivity contribution in [3.63, 3.8) is 0 Å². The van der Waals surface area contributed by atoms with Crippen molar-refractivity contribution in [2.24, 2.45) is 14.1 Å². The fraction of sp³-hybridized carbons (Fsp3) is 0.250. The van der Waals surface area contributed by atoms with Gasteiger partial charge < -0.3 is 14.9 Å². The average molecular weight is 303 g/mol. The highest BCUT2D eigenvalue weighted by atomic mass is 16.5. The Hall–Kier alpha value is -2.76. The Kier molecular flexibility index (Phi) is 4.21. The Balaban J connectivity index is 2.49. The maximum absolute atomic E-state index is 12.0. The van der Waals surface area contributed by atoms with Crippen molar-refractivity contribution in [2.75, 3.05) is 7.11 Å². The molecule has 0 bridgehead atoms. The quantitative estimate of drug-likeness (QED) is 0.833. The molecule has 0 amide bonds. The summed E-state index contributed by atoms with van der Waals surface area (Å²) in [5.74, 6) is -0.263. The van der Waals surface area contributed by atoms with Gasteiger partial charge in [-0.15, -0.1) is 0 Å². The molecule has 116 valence electrons. The Labute approximate surface area is 128 Å². The molecule has 6 heteroatoms. The zero-order valence-electron chi connectivity index (χ0n) is 13.0. The largest absolute Gasteiger partial charge is 0.504 e. The van der Waals surface area contributed by atoms with Crippen LogP contribution in [0.3, 0.4) is 0 Å². The van der Waals surface area contributed by atoms with E-state index in [1.165, 1.54) is 17.7 Å². The molecule has 1 aromatic carbocycles. The summed E-state index contributed by atoms with van der Waals surface area (Å²) < 4.78 is 8.02. The zero-order valence-corrected chi connectivity index (χ0v) is 13.0. The SMILES string of the molecule is COc1c(O)ccc(C=Cc2cc(C)n(C)c(=O)[n+]2C)c1O. The molecule has 0 atom stereocenters. The van der Waals surface area contributed by atoms with E-state index in [4.69, 9.17) is 4.74 Å². The van der Waals surface area contributed by atoms with Crippen LogP contribution in [0.25, 0.3) is 12.2 Å². The van der Waals surface area contributed by atoms with Crippen LogP contribution in [0.1, 0.15) is 17.0 Å².